The number of methoxy groups -OCH3 is 1. The summed E-state index contributed by atoms with van der Waals surface area (Å²) in [5.41, 5.74) is 1.24. The lowest BCUT2D eigenvalue weighted by Crippen LogP contribution is -2.49. The highest BCUT2D eigenvalue weighted by Gasteiger charge is 2.33. The fourth-order valence-electron chi connectivity index (χ4n) is 3.92. The molecule has 0 heterocycles. The van der Waals surface area contributed by atoms with Crippen LogP contribution in [0.5, 0.6) is 11.5 Å². The van der Waals surface area contributed by atoms with Crippen molar-refractivity contribution in [3.63, 3.8) is 0 Å². The maximum absolute atomic E-state index is 12.9. The van der Waals surface area contributed by atoms with Gasteiger partial charge in [-0.3, -0.25) is 4.79 Å². The first-order valence-electron chi connectivity index (χ1n) is 10.6. The van der Waals surface area contributed by atoms with Crippen molar-refractivity contribution in [3.8, 4) is 17.6 Å². The van der Waals surface area contributed by atoms with Crippen LogP contribution in [0.4, 0.5) is 4.79 Å². The number of phenolic OH excluding ortho intramolecular Hbond substituents is 1. The summed E-state index contributed by atoms with van der Waals surface area (Å²) in [6.45, 7) is 0.0490. The minimum absolute atomic E-state index is 0.0204. The third-order valence-corrected chi connectivity index (χ3v) is 5.58. The van der Waals surface area contributed by atoms with E-state index in [1.165, 1.54) is 12.1 Å². The van der Waals surface area contributed by atoms with Gasteiger partial charge in [0.2, 0.25) is 5.91 Å². The van der Waals surface area contributed by atoms with Gasteiger partial charge in [-0.1, -0.05) is 43.2 Å². The van der Waals surface area contributed by atoms with E-state index in [1.54, 1.807) is 25.3 Å². The highest BCUT2D eigenvalue weighted by atomic mass is 16.5. The van der Waals surface area contributed by atoms with Crippen LogP contribution in [0, 0.1) is 17.2 Å². The molecule has 2 aromatic carbocycles. The van der Waals surface area contributed by atoms with E-state index < -0.39 is 24.1 Å². The first-order chi connectivity index (χ1) is 15.5. The van der Waals surface area contributed by atoms with Crippen molar-refractivity contribution in [3.05, 3.63) is 59.7 Å². The molecule has 8 heteroatoms. The summed E-state index contributed by atoms with van der Waals surface area (Å²) in [6.07, 6.45) is 2.38. The van der Waals surface area contributed by atoms with Crippen molar-refractivity contribution < 1.29 is 24.2 Å². The van der Waals surface area contributed by atoms with Crippen molar-refractivity contribution in [2.45, 2.75) is 44.4 Å². The number of carbonyl (C=O) groups is 2. The standard InChI is InChI=1S/C24H27N3O5/c1-31-22-12-5-2-7-17(22)15-32-24(30)27-20-11-4-3-10-19(20)23(29)26-21(14-25)16-8-6-9-18(28)13-16/h2,5-9,12-13,19-21,28H,3-4,10-11,15H2,1H3,(H,26,29)(H,27,30)/t19-,20-,21?/m1/s1. The number of nitrogens with zero attached hydrogens (tertiary/aromatic N) is 1. The maximum atomic E-state index is 12.9. The van der Waals surface area contributed by atoms with Crippen LogP contribution < -0.4 is 15.4 Å². The van der Waals surface area contributed by atoms with Crippen LogP contribution in [0.25, 0.3) is 0 Å². The lowest BCUT2D eigenvalue weighted by atomic mass is 9.83. The Kier molecular flexibility index (Phi) is 7.92. The molecular formula is C24H27N3O5. The van der Waals surface area contributed by atoms with Gasteiger partial charge in [0.25, 0.3) is 0 Å². The Morgan fingerprint density at radius 3 is 2.72 bits per heavy atom. The van der Waals surface area contributed by atoms with Crippen LogP contribution in [-0.2, 0) is 16.1 Å². The van der Waals surface area contributed by atoms with Crippen LogP contribution >= 0.6 is 0 Å². The maximum Gasteiger partial charge on any atom is 0.407 e. The summed E-state index contributed by atoms with van der Waals surface area (Å²) in [4.78, 5) is 25.4. The van der Waals surface area contributed by atoms with Crippen molar-refractivity contribution in [2.75, 3.05) is 7.11 Å². The number of hydrogen-bond acceptors (Lipinski definition) is 6. The molecule has 32 heavy (non-hydrogen) atoms. The molecule has 0 spiro atoms. The highest BCUT2D eigenvalue weighted by molar-refractivity contribution is 5.81. The van der Waals surface area contributed by atoms with E-state index in [9.17, 15) is 20.0 Å². The second-order valence-corrected chi connectivity index (χ2v) is 7.70. The molecular weight excluding hydrogens is 410 g/mol. The Hall–Kier alpha value is -3.73. The van der Waals surface area contributed by atoms with E-state index in [0.29, 0.717) is 24.2 Å². The zero-order chi connectivity index (χ0) is 22.9. The predicted octanol–water partition coefficient (Wildman–Crippen LogP) is 3.57. The Morgan fingerprint density at radius 2 is 1.97 bits per heavy atom. The Labute approximate surface area is 187 Å². The largest absolute Gasteiger partial charge is 0.508 e. The third kappa shape index (κ3) is 5.91. The van der Waals surface area contributed by atoms with Crippen LogP contribution in [0.1, 0.15) is 42.9 Å². The summed E-state index contributed by atoms with van der Waals surface area (Å²) >= 11 is 0. The molecule has 8 nitrogen and oxygen atoms in total. The normalized spacial score (nSPS) is 18.6. The van der Waals surface area contributed by atoms with E-state index in [4.69, 9.17) is 9.47 Å². The average Bonchev–Trinajstić information content (AvgIpc) is 2.81. The van der Waals surface area contributed by atoms with Crippen molar-refractivity contribution in [1.29, 1.82) is 5.26 Å². The molecule has 1 aliphatic rings. The predicted molar refractivity (Wildman–Crippen MR) is 117 cm³/mol. The van der Waals surface area contributed by atoms with Gasteiger partial charge in [0.15, 0.2) is 0 Å². The Morgan fingerprint density at radius 1 is 1.19 bits per heavy atom. The second kappa shape index (κ2) is 11.0. The molecule has 3 N–H and O–H groups in total. The molecule has 0 saturated heterocycles. The number of nitrogens with one attached hydrogen (secondary N) is 2. The molecule has 0 aliphatic heterocycles. The fraction of sp³-hybridized carbons (Fsp3) is 0.375. The van der Waals surface area contributed by atoms with Gasteiger partial charge in [-0.05, 0) is 36.6 Å². The topological polar surface area (TPSA) is 121 Å². The minimum atomic E-state index is -0.894. The summed E-state index contributed by atoms with van der Waals surface area (Å²) in [5.74, 6) is -0.137. The fourth-order valence-corrected chi connectivity index (χ4v) is 3.92. The molecule has 1 fully saturated rings. The van der Waals surface area contributed by atoms with Gasteiger partial charge in [0.05, 0.1) is 19.1 Å². The molecule has 2 aromatic rings. The van der Waals surface area contributed by atoms with Gasteiger partial charge in [-0.15, -0.1) is 0 Å². The SMILES string of the molecule is COc1ccccc1COC(=O)N[C@@H]1CCCC[C@H]1C(=O)NC(C#N)c1cccc(O)c1. The Bertz CT molecular complexity index is 988. The molecule has 2 amide bonds. The van der Waals surface area contributed by atoms with E-state index >= 15 is 0 Å². The van der Waals surface area contributed by atoms with Crippen LogP contribution in [0.2, 0.25) is 0 Å². The van der Waals surface area contributed by atoms with Gasteiger partial charge in [-0.25, -0.2) is 4.79 Å². The molecule has 1 aliphatic carbocycles. The van der Waals surface area contributed by atoms with Gasteiger partial charge >= 0.3 is 6.09 Å². The number of amides is 2. The number of para-hydroxylation sites is 1. The number of ether oxygens (including phenoxy) is 2. The Balaban J connectivity index is 1.60. The van der Waals surface area contributed by atoms with Crippen molar-refractivity contribution in [1.82, 2.24) is 10.6 Å². The molecule has 0 aromatic heterocycles. The number of benzene rings is 2. The molecule has 0 bridgehead atoms. The van der Waals surface area contributed by atoms with Crippen molar-refractivity contribution in [2.24, 2.45) is 5.92 Å². The van der Waals surface area contributed by atoms with Gasteiger partial charge in [0, 0.05) is 11.6 Å². The summed E-state index contributed by atoms with van der Waals surface area (Å²) in [7, 11) is 1.55. The number of carbonyl (C=O) groups excluding carboxylic acids is 2. The first-order valence-corrected chi connectivity index (χ1v) is 10.6. The molecule has 3 rings (SSSR count). The molecule has 1 saturated carbocycles. The number of nitriles is 1. The van der Waals surface area contributed by atoms with Crippen LogP contribution in [-0.4, -0.2) is 30.3 Å². The van der Waals surface area contributed by atoms with E-state index in [1.807, 2.05) is 18.2 Å². The molecule has 0 radical (unpaired) electrons. The zero-order valence-electron chi connectivity index (χ0n) is 17.9. The minimum Gasteiger partial charge on any atom is -0.508 e. The quantitative estimate of drug-likeness (QED) is 0.609. The number of hydrogen-bond donors (Lipinski definition) is 3. The van der Waals surface area contributed by atoms with E-state index in [0.717, 1.165) is 18.4 Å². The lowest BCUT2D eigenvalue weighted by molar-refractivity contribution is -0.127. The number of rotatable bonds is 7. The third-order valence-electron chi connectivity index (χ3n) is 5.58. The second-order valence-electron chi connectivity index (χ2n) is 7.70. The van der Waals surface area contributed by atoms with Gasteiger partial charge in [0.1, 0.15) is 24.1 Å². The number of aromatic hydroxyl groups is 1. The van der Waals surface area contributed by atoms with Crippen LogP contribution in [0.3, 0.4) is 0 Å². The first kappa shape index (κ1) is 22.9. The molecule has 3 atom stereocenters. The monoisotopic (exact) mass is 437 g/mol. The van der Waals surface area contributed by atoms with Gasteiger partial charge in [-0.2, -0.15) is 5.26 Å². The summed E-state index contributed by atoms with van der Waals surface area (Å²) in [6, 6.07) is 14.3. The number of alkyl carbamates (subject to hydrolysis) is 1. The summed E-state index contributed by atoms with van der Waals surface area (Å²) < 4.78 is 10.6. The lowest BCUT2D eigenvalue weighted by Gasteiger charge is -2.31. The van der Waals surface area contributed by atoms with Gasteiger partial charge < -0.3 is 25.2 Å². The molecule has 168 valence electrons. The average molecular weight is 437 g/mol. The smallest absolute Gasteiger partial charge is 0.407 e. The van der Waals surface area contributed by atoms with E-state index in [-0.39, 0.29) is 18.3 Å². The summed E-state index contributed by atoms with van der Waals surface area (Å²) in [5, 5.41) is 24.7. The van der Waals surface area contributed by atoms with E-state index in [2.05, 4.69) is 16.7 Å². The number of phenols is 1. The van der Waals surface area contributed by atoms with Crippen molar-refractivity contribution >= 4 is 12.0 Å². The molecule has 1 unspecified atom stereocenters. The highest BCUT2D eigenvalue weighted by Crippen LogP contribution is 2.27. The zero-order valence-corrected chi connectivity index (χ0v) is 17.9. The van der Waals surface area contributed by atoms with Crippen LogP contribution in [0.15, 0.2) is 48.5 Å².